The van der Waals surface area contributed by atoms with Crippen molar-refractivity contribution < 1.29 is 24.1 Å². The Bertz CT molecular complexity index is 990. The molecule has 0 unspecified atom stereocenters. The summed E-state index contributed by atoms with van der Waals surface area (Å²) in [7, 11) is 4.76. The number of benzene rings is 2. The lowest BCUT2D eigenvalue weighted by Crippen LogP contribution is -2.56. The third kappa shape index (κ3) is 4.97. The molecule has 2 N–H and O–H groups in total. The van der Waals surface area contributed by atoms with Crippen LogP contribution in [0.3, 0.4) is 0 Å². The molecular formula is C26H33ClN2O5. The molecule has 7 nitrogen and oxygen atoms in total. The number of carbonyl (C=O) groups is 1. The van der Waals surface area contributed by atoms with Crippen molar-refractivity contribution in [3.63, 3.8) is 0 Å². The zero-order chi connectivity index (χ0) is 24.3. The number of nitrogens with one attached hydrogen (secondary N) is 1. The van der Waals surface area contributed by atoms with Crippen LogP contribution in [0.2, 0.25) is 5.02 Å². The highest BCUT2D eigenvalue weighted by Gasteiger charge is 2.49. The predicted octanol–water partition coefficient (Wildman–Crippen LogP) is 4.67. The monoisotopic (exact) mass is 488 g/mol. The van der Waals surface area contributed by atoms with Crippen molar-refractivity contribution in [1.29, 1.82) is 0 Å². The van der Waals surface area contributed by atoms with Crippen LogP contribution in [0, 0.1) is 5.92 Å². The van der Waals surface area contributed by atoms with E-state index in [0.29, 0.717) is 40.9 Å². The number of halogens is 1. The number of hydrogen-bond donors (Lipinski definition) is 2. The third-order valence-electron chi connectivity index (χ3n) is 7.17. The Morgan fingerprint density at radius 2 is 1.76 bits per heavy atom. The summed E-state index contributed by atoms with van der Waals surface area (Å²) in [6.07, 6.45) is 4.40. The largest absolute Gasteiger partial charge is 0.493 e. The molecule has 0 bridgehead atoms. The molecule has 0 radical (unpaired) electrons. The Hall–Kier alpha value is -2.48. The molecule has 1 saturated carbocycles. The minimum Gasteiger partial charge on any atom is -0.493 e. The predicted molar refractivity (Wildman–Crippen MR) is 132 cm³/mol. The smallest absolute Gasteiger partial charge is 0.238 e. The SMILES string of the molecule is COc1cc([C@@H]2[C@H]3CCCC[C@@]3(O)CCN2CC(=O)Nc2ccc(Cl)cc2)cc(OC)c1OC. The zero-order valence-electron chi connectivity index (χ0n) is 20.0. The number of ether oxygens (including phenoxy) is 3. The van der Waals surface area contributed by atoms with Gasteiger partial charge in [-0.15, -0.1) is 0 Å². The lowest BCUT2D eigenvalue weighted by molar-refractivity contribution is -0.135. The van der Waals surface area contributed by atoms with Crippen LogP contribution < -0.4 is 19.5 Å². The minimum atomic E-state index is -0.744. The van der Waals surface area contributed by atoms with Crippen LogP contribution in [0.5, 0.6) is 17.2 Å². The number of rotatable bonds is 7. The minimum absolute atomic E-state index is 0.00105. The lowest BCUT2D eigenvalue weighted by Gasteiger charge is -2.52. The van der Waals surface area contributed by atoms with Crippen LogP contribution in [-0.2, 0) is 4.79 Å². The molecule has 34 heavy (non-hydrogen) atoms. The fraction of sp³-hybridized carbons (Fsp3) is 0.500. The number of amides is 1. The van der Waals surface area contributed by atoms with Crippen molar-refractivity contribution in [2.75, 3.05) is 39.7 Å². The number of likely N-dealkylation sites (tertiary alicyclic amines) is 1. The fourth-order valence-corrected chi connectivity index (χ4v) is 5.68. The lowest BCUT2D eigenvalue weighted by atomic mass is 9.66. The molecular weight excluding hydrogens is 456 g/mol. The van der Waals surface area contributed by atoms with Gasteiger partial charge in [0.1, 0.15) is 0 Å². The van der Waals surface area contributed by atoms with Crippen LogP contribution in [0.1, 0.15) is 43.7 Å². The molecule has 3 atom stereocenters. The van der Waals surface area contributed by atoms with Crippen molar-refractivity contribution in [2.24, 2.45) is 5.92 Å². The van der Waals surface area contributed by atoms with Crippen LogP contribution in [0.15, 0.2) is 36.4 Å². The molecule has 1 aliphatic heterocycles. The average Bonchev–Trinajstić information content (AvgIpc) is 2.84. The Morgan fingerprint density at radius 3 is 2.38 bits per heavy atom. The van der Waals surface area contributed by atoms with E-state index in [0.717, 1.165) is 31.2 Å². The molecule has 0 aromatic heterocycles. The average molecular weight is 489 g/mol. The summed E-state index contributed by atoms with van der Waals surface area (Å²) < 4.78 is 16.7. The van der Waals surface area contributed by atoms with E-state index in [1.54, 1.807) is 45.6 Å². The van der Waals surface area contributed by atoms with Gasteiger partial charge in [0.05, 0.1) is 33.5 Å². The number of methoxy groups -OCH3 is 3. The van der Waals surface area contributed by atoms with Crippen LogP contribution >= 0.6 is 11.6 Å². The molecule has 1 saturated heterocycles. The van der Waals surface area contributed by atoms with Crippen LogP contribution in [0.25, 0.3) is 0 Å². The normalized spacial score (nSPS) is 24.7. The summed E-state index contributed by atoms with van der Waals surface area (Å²) in [6, 6.07) is 10.8. The van der Waals surface area contributed by atoms with E-state index >= 15 is 0 Å². The number of anilines is 1. The van der Waals surface area contributed by atoms with Crippen molar-refractivity contribution in [3.8, 4) is 17.2 Å². The van der Waals surface area contributed by atoms with Gasteiger partial charge >= 0.3 is 0 Å². The first-order chi connectivity index (χ1) is 16.4. The molecule has 8 heteroatoms. The number of piperidine rings is 1. The summed E-state index contributed by atoms with van der Waals surface area (Å²) in [5.74, 6) is 1.54. The number of aliphatic hydroxyl groups is 1. The van der Waals surface area contributed by atoms with Crippen molar-refractivity contribution in [3.05, 3.63) is 47.0 Å². The first-order valence-corrected chi connectivity index (χ1v) is 12.1. The molecule has 2 aliphatic rings. The standard InChI is InChI=1S/C26H33ClN2O5/c1-32-21-14-17(15-22(33-2)25(21)34-3)24-20-6-4-5-11-26(20,31)12-13-29(24)16-23(30)28-19-9-7-18(27)8-10-19/h7-10,14-15,20,24,31H,4-6,11-13,16H2,1-3H3,(H,28,30)/t20-,24-,26-/m1/s1. The molecule has 1 heterocycles. The number of nitrogens with zero attached hydrogens (tertiary/aromatic N) is 1. The topological polar surface area (TPSA) is 80.3 Å². The summed E-state index contributed by atoms with van der Waals surface area (Å²) in [5.41, 5.74) is 0.899. The Kier molecular flexibility index (Phi) is 7.55. The van der Waals surface area contributed by atoms with Crippen molar-refractivity contribution in [2.45, 2.75) is 43.7 Å². The molecule has 2 aromatic rings. The Balaban J connectivity index is 1.67. The van der Waals surface area contributed by atoms with Gasteiger partial charge in [0, 0.05) is 29.2 Å². The van der Waals surface area contributed by atoms with Crippen molar-refractivity contribution in [1.82, 2.24) is 4.90 Å². The highest BCUT2D eigenvalue weighted by atomic mass is 35.5. The van der Waals surface area contributed by atoms with Gasteiger partial charge in [0.2, 0.25) is 11.7 Å². The molecule has 2 fully saturated rings. The van der Waals surface area contributed by atoms with Crippen LogP contribution in [-0.4, -0.2) is 55.9 Å². The maximum Gasteiger partial charge on any atom is 0.238 e. The zero-order valence-corrected chi connectivity index (χ0v) is 20.7. The van der Waals surface area contributed by atoms with E-state index in [-0.39, 0.29) is 24.4 Å². The van der Waals surface area contributed by atoms with E-state index in [9.17, 15) is 9.90 Å². The third-order valence-corrected chi connectivity index (χ3v) is 7.43. The van der Waals surface area contributed by atoms with Crippen LogP contribution in [0.4, 0.5) is 5.69 Å². The van der Waals surface area contributed by atoms with Gasteiger partial charge in [-0.25, -0.2) is 0 Å². The highest BCUT2D eigenvalue weighted by Crippen LogP contribution is 2.51. The summed E-state index contributed by atoms with van der Waals surface area (Å²) >= 11 is 5.97. The van der Waals surface area contributed by atoms with Crippen molar-refractivity contribution >= 4 is 23.2 Å². The molecule has 4 rings (SSSR count). The molecule has 1 aliphatic carbocycles. The number of hydrogen-bond acceptors (Lipinski definition) is 6. The first-order valence-electron chi connectivity index (χ1n) is 11.7. The van der Waals surface area contributed by atoms with Gasteiger partial charge in [-0.1, -0.05) is 24.4 Å². The van der Waals surface area contributed by atoms with Gasteiger partial charge in [-0.2, -0.15) is 0 Å². The molecule has 0 spiro atoms. The fourth-order valence-electron chi connectivity index (χ4n) is 5.55. The van der Waals surface area contributed by atoms with E-state index in [4.69, 9.17) is 25.8 Å². The quantitative estimate of drug-likeness (QED) is 0.589. The van der Waals surface area contributed by atoms with E-state index in [1.165, 1.54) is 0 Å². The van der Waals surface area contributed by atoms with Gasteiger partial charge in [0.15, 0.2) is 11.5 Å². The van der Waals surface area contributed by atoms with Gasteiger partial charge in [-0.3, -0.25) is 9.69 Å². The number of fused-ring (bicyclic) bond motifs is 1. The van der Waals surface area contributed by atoms with E-state index in [2.05, 4.69) is 10.2 Å². The number of carbonyl (C=O) groups excluding carboxylic acids is 1. The summed E-state index contributed by atoms with van der Waals surface area (Å²) in [5, 5.41) is 15.1. The van der Waals surface area contributed by atoms with Gasteiger partial charge < -0.3 is 24.6 Å². The second kappa shape index (κ2) is 10.4. The van der Waals surface area contributed by atoms with E-state index in [1.807, 2.05) is 12.1 Å². The highest BCUT2D eigenvalue weighted by molar-refractivity contribution is 6.30. The van der Waals surface area contributed by atoms with Gasteiger partial charge in [-0.05, 0) is 61.2 Å². The van der Waals surface area contributed by atoms with E-state index < -0.39 is 5.60 Å². The second-order valence-electron chi connectivity index (χ2n) is 9.13. The molecule has 2 aromatic carbocycles. The molecule has 1 amide bonds. The summed E-state index contributed by atoms with van der Waals surface area (Å²) in [6.45, 7) is 0.818. The maximum absolute atomic E-state index is 13.0. The summed E-state index contributed by atoms with van der Waals surface area (Å²) in [4.78, 5) is 15.2. The first kappa shape index (κ1) is 24.6. The maximum atomic E-state index is 13.0. The Labute approximate surface area is 205 Å². The molecule has 184 valence electrons. The Morgan fingerprint density at radius 1 is 1.09 bits per heavy atom. The van der Waals surface area contributed by atoms with Gasteiger partial charge in [0.25, 0.3) is 0 Å². The second-order valence-corrected chi connectivity index (χ2v) is 9.57.